The van der Waals surface area contributed by atoms with E-state index < -0.39 is 0 Å². The third kappa shape index (κ3) is 2.64. The summed E-state index contributed by atoms with van der Waals surface area (Å²) in [6.07, 6.45) is 0.802. The van der Waals surface area contributed by atoms with Gasteiger partial charge < -0.3 is 9.47 Å². The van der Waals surface area contributed by atoms with Gasteiger partial charge in [0, 0.05) is 18.1 Å². The van der Waals surface area contributed by atoms with Gasteiger partial charge in [0.1, 0.15) is 0 Å². The van der Waals surface area contributed by atoms with Crippen molar-refractivity contribution in [2.45, 2.75) is 6.42 Å². The predicted octanol–water partition coefficient (Wildman–Crippen LogP) is 4.45. The lowest BCUT2D eigenvalue weighted by Crippen LogP contribution is -2.01. The van der Waals surface area contributed by atoms with Crippen LogP contribution in [0.1, 0.15) is 21.7 Å². The molecule has 3 nitrogen and oxygen atoms in total. The molecule has 20 heavy (non-hydrogen) atoms. The van der Waals surface area contributed by atoms with E-state index in [1.807, 2.05) is 0 Å². The molecule has 0 N–H and O–H groups in total. The van der Waals surface area contributed by atoms with Crippen LogP contribution in [0.2, 0.25) is 9.36 Å². The number of carbonyl (C=O) groups excluding carboxylic acids is 1. The maximum absolute atomic E-state index is 12.4. The van der Waals surface area contributed by atoms with E-state index in [1.54, 1.807) is 24.3 Å². The van der Waals surface area contributed by atoms with E-state index >= 15 is 0 Å². The summed E-state index contributed by atoms with van der Waals surface area (Å²) >= 11 is 13.3. The van der Waals surface area contributed by atoms with Gasteiger partial charge in [-0.3, -0.25) is 4.79 Å². The van der Waals surface area contributed by atoms with Crippen molar-refractivity contribution in [1.29, 1.82) is 0 Å². The highest BCUT2D eigenvalue weighted by molar-refractivity contribution is 7.18. The molecule has 1 aliphatic rings. The molecule has 3 rings (SSSR count). The molecule has 0 saturated heterocycles. The van der Waals surface area contributed by atoms with Gasteiger partial charge >= 0.3 is 0 Å². The second-order valence-electron chi connectivity index (χ2n) is 4.26. The van der Waals surface area contributed by atoms with E-state index in [-0.39, 0.29) is 5.78 Å². The van der Waals surface area contributed by atoms with Gasteiger partial charge in [-0.2, -0.15) is 0 Å². The summed E-state index contributed by atoms with van der Waals surface area (Å²) in [5.74, 6) is 0.966. The van der Waals surface area contributed by atoms with Crippen LogP contribution >= 0.6 is 34.5 Å². The molecular weight excluding hydrogens is 319 g/mol. The number of halogens is 2. The van der Waals surface area contributed by atoms with E-state index in [9.17, 15) is 4.79 Å². The lowest BCUT2D eigenvalue weighted by molar-refractivity contribution is 0.104. The van der Waals surface area contributed by atoms with E-state index in [0.29, 0.717) is 44.5 Å². The largest absolute Gasteiger partial charge is 0.490 e. The predicted molar refractivity (Wildman–Crippen MR) is 79.8 cm³/mol. The first kappa shape index (κ1) is 13.7. The topological polar surface area (TPSA) is 35.5 Å². The number of carbonyl (C=O) groups is 1. The zero-order valence-corrected chi connectivity index (χ0v) is 12.6. The third-order valence-corrected chi connectivity index (χ3v) is 4.42. The lowest BCUT2D eigenvalue weighted by Gasteiger charge is -2.10. The van der Waals surface area contributed by atoms with Crippen molar-refractivity contribution in [1.82, 2.24) is 0 Å². The standard InChI is InChI=1S/C14H10Cl2O3S/c15-9-7-11-10(18-4-1-5-19-11)6-8(9)14(17)12-2-3-13(16)20-12/h2-3,6-7H,1,4-5H2. The zero-order chi connectivity index (χ0) is 14.1. The fourth-order valence-corrected chi connectivity index (χ4v) is 3.16. The molecule has 0 saturated carbocycles. The number of ether oxygens (including phenoxy) is 2. The van der Waals surface area contributed by atoms with E-state index in [4.69, 9.17) is 32.7 Å². The second-order valence-corrected chi connectivity index (χ2v) is 6.38. The maximum atomic E-state index is 12.4. The molecule has 104 valence electrons. The van der Waals surface area contributed by atoms with Gasteiger partial charge in [-0.05, 0) is 18.2 Å². The van der Waals surface area contributed by atoms with E-state index in [2.05, 4.69) is 0 Å². The molecule has 0 spiro atoms. The highest BCUT2D eigenvalue weighted by Crippen LogP contribution is 2.36. The number of ketones is 1. The monoisotopic (exact) mass is 328 g/mol. The van der Waals surface area contributed by atoms with Crippen molar-refractivity contribution in [3.63, 3.8) is 0 Å². The third-order valence-electron chi connectivity index (χ3n) is 2.88. The van der Waals surface area contributed by atoms with Gasteiger partial charge in [-0.1, -0.05) is 23.2 Å². The Kier molecular flexibility index (Phi) is 3.87. The summed E-state index contributed by atoms with van der Waals surface area (Å²) < 4.78 is 11.7. The molecule has 2 aromatic rings. The number of rotatable bonds is 2. The summed E-state index contributed by atoms with van der Waals surface area (Å²) in [6, 6.07) is 6.65. The van der Waals surface area contributed by atoms with Gasteiger partial charge in [0.25, 0.3) is 0 Å². The Labute approximate surface area is 130 Å². The molecule has 0 bridgehead atoms. The summed E-state index contributed by atoms with van der Waals surface area (Å²) in [5.41, 5.74) is 0.398. The summed E-state index contributed by atoms with van der Waals surface area (Å²) in [7, 11) is 0. The van der Waals surface area contributed by atoms with Gasteiger partial charge in [0.15, 0.2) is 11.5 Å². The Morgan fingerprint density at radius 3 is 2.45 bits per heavy atom. The van der Waals surface area contributed by atoms with Crippen LogP contribution in [0.4, 0.5) is 0 Å². The molecule has 0 fully saturated rings. The van der Waals surface area contributed by atoms with Crippen molar-refractivity contribution in [3.8, 4) is 11.5 Å². The molecule has 1 aliphatic heterocycles. The number of thiophene rings is 1. The van der Waals surface area contributed by atoms with E-state index in [0.717, 1.165) is 6.42 Å². The smallest absolute Gasteiger partial charge is 0.204 e. The molecule has 6 heteroatoms. The number of hydrogen-bond donors (Lipinski definition) is 0. The van der Waals surface area contributed by atoms with Crippen LogP contribution in [0.25, 0.3) is 0 Å². The van der Waals surface area contributed by atoms with Gasteiger partial charge in [0.05, 0.1) is 27.4 Å². The van der Waals surface area contributed by atoms with Gasteiger partial charge in [-0.25, -0.2) is 0 Å². The zero-order valence-electron chi connectivity index (χ0n) is 10.3. The minimum absolute atomic E-state index is 0.164. The first-order valence-corrected chi connectivity index (χ1v) is 7.61. The van der Waals surface area contributed by atoms with Crippen molar-refractivity contribution in [3.05, 3.63) is 44.1 Å². The van der Waals surface area contributed by atoms with Crippen LogP contribution < -0.4 is 9.47 Å². The van der Waals surface area contributed by atoms with Gasteiger partial charge in [-0.15, -0.1) is 11.3 Å². The Morgan fingerprint density at radius 2 is 1.80 bits per heavy atom. The van der Waals surface area contributed by atoms with Crippen LogP contribution in [0, 0.1) is 0 Å². The Bertz CT molecular complexity index is 666. The summed E-state index contributed by atoms with van der Waals surface area (Å²) in [6.45, 7) is 1.14. The highest BCUT2D eigenvalue weighted by Gasteiger charge is 2.20. The molecule has 0 unspecified atom stereocenters. The fourth-order valence-electron chi connectivity index (χ4n) is 1.93. The maximum Gasteiger partial charge on any atom is 0.204 e. The Balaban J connectivity index is 2.01. The molecular formula is C14H10Cl2O3S. The lowest BCUT2D eigenvalue weighted by atomic mass is 10.1. The quantitative estimate of drug-likeness (QED) is 0.764. The molecule has 2 heterocycles. The minimum Gasteiger partial charge on any atom is -0.490 e. The van der Waals surface area contributed by atoms with Crippen LogP contribution in [0.3, 0.4) is 0 Å². The van der Waals surface area contributed by atoms with Crippen LogP contribution in [-0.4, -0.2) is 19.0 Å². The number of fused-ring (bicyclic) bond motifs is 1. The first-order chi connectivity index (χ1) is 9.65. The van der Waals surface area contributed by atoms with Crippen LogP contribution in [0.15, 0.2) is 24.3 Å². The van der Waals surface area contributed by atoms with Crippen LogP contribution in [0.5, 0.6) is 11.5 Å². The fraction of sp³-hybridized carbons (Fsp3) is 0.214. The van der Waals surface area contributed by atoms with E-state index in [1.165, 1.54) is 11.3 Å². The normalized spacial score (nSPS) is 13.9. The molecule has 1 aromatic carbocycles. The minimum atomic E-state index is -0.164. The Hall–Kier alpha value is -1.23. The van der Waals surface area contributed by atoms with Crippen molar-refractivity contribution >= 4 is 40.3 Å². The molecule has 1 aromatic heterocycles. The van der Waals surface area contributed by atoms with Crippen molar-refractivity contribution < 1.29 is 14.3 Å². The second kappa shape index (κ2) is 5.64. The molecule has 0 amide bonds. The van der Waals surface area contributed by atoms with Crippen molar-refractivity contribution in [2.24, 2.45) is 0 Å². The van der Waals surface area contributed by atoms with Crippen molar-refractivity contribution in [2.75, 3.05) is 13.2 Å². The summed E-state index contributed by atoms with van der Waals surface area (Å²) in [4.78, 5) is 13.0. The first-order valence-electron chi connectivity index (χ1n) is 6.04. The number of hydrogen-bond acceptors (Lipinski definition) is 4. The molecule has 0 radical (unpaired) electrons. The van der Waals surface area contributed by atoms with Crippen LogP contribution in [-0.2, 0) is 0 Å². The Morgan fingerprint density at radius 1 is 1.10 bits per heavy atom. The SMILES string of the molecule is O=C(c1ccc(Cl)s1)c1cc2c(cc1Cl)OCCCO2. The average molecular weight is 329 g/mol. The molecule has 0 aliphatic carbocycles. The number of benzene rings is 1. The average Bonchev–Trinajstić information content (AvgIpc) is 2.73. The van der Waals surface area contributed by atoms with Gasteiger partial charge in [0.2, 0.25) is 5.78 Å². The summed E-state index contributed by atoms with van der Waals surface area (Å²) in [5, 5.41) is 0.351. The molecule has 0 atom stereocenters. The highest BCUT2D eigenvalue weighted by atomic mass is 35.5.